The normalized spacial score (nSPS) is 9.47. The standard InChI is InChI=1S/C15H13ClN2.ClH/c16-15-7-5-12(6-8-15)10-18-11-14-4-2-1-3-13(14)9-17;/h1-8,18H,10-11H2;1H. The first kappa shape index (κ1) is 15.5. The topological polar surface area (TPSA) is 35.8 Å². The number of hydrogen-bond acceptors (Lipinski definition) is 2. The van der Waals surface area contributed by atoms with Crippen LogP contribution in [0.3, 0.4) is 0 Å². The maximum atomic E-state index is 8.97. The van der Waals surface area contributed by atoms with E-state index < -0.39 is 0 Å². The van der Waals surface area contributed by atoms with Crippen molar-refractivity contribution in [1.82, 2.24) is 5.32 Å². The van der Waals surface area contributed by atoms with Crippen molar-refractivity contribution in [3.8, 4) is 6.07 Å². The third kappa shape index (κ3) is 4.57. The first-order chi connectivity index (χ1) is 8.79. The highest BCUT2D eigenvalue weighted by atomic mass is 35.5. The zero-order valence-electron chi connectivity index (χ0n) is 10.3. The Labute approximate surface area is 124 Å². The van der Waals surface area contributed by atoms with E-state index in [9.17, 15) is 0 Å². The molecule has 0 aromatic heterocycles. The molecule has 0 unspecified atom stereocenters. The van der Waals surface area contributed by atoms with Crippen LogP contribution in [0.5, 0.6) is 0 Å². The van der Waals surface area contributed by atoms with Crippen molar-refractivity contribution < 1.29 is 0 Å². The predicted molar refractivity (Wildman–Crippen MR) is 80.4 cm³/mol. The number of rotatable bonds is 4. The molecule has 0 saturated carbocycles. The van der Waals surface area contributed by atoms with Gasteiger partial charge in [0.15, 0.2) is 0 Å². The Kier molecular flexibility index (Phi) is 6.38. The van der Waals surface area contributed by atoms with Gasteiger partial charge in [0.05, 0.1) is 11.6 Å². The fourth-order valence-corrected chi connectivity index (χ4v) is 1.85. The van der Waals surface area contributed by atoms with Crippen molar-refractivity contribution in [1.29, 1.82) is 5.26 Å². The molecule has 0 amide bonds. The highest BCUT2D eigenvalue weighted by Crippen LogP contribution is 2.10. The zero-order chi connectivity index (χ0) is 12.8. The van der Waals surface area contributed by atoms with Gasteiger partial charge in [0.1, 0.15) is 0 Å². The summed E-state index contributed by atoms with van der Waals surface area (Å²) in [4.78, 5) is 0. The Balaban J connectivity index is 0.00000180. The van der Waals surface area contributed by atoms with Crippen LogP contribution in [0.1, 0.15) is 16.7 Å². The Bertz CT molecular complexity index is 559. The molecule has 0 spiro atoms. The predicted octanol–water partition coefficient (Wildman–Crippen LogP) is 3.92. The van der Waals surface area contributed by atoms with E-state index in [-0.39, 0.29) is 12.4 Å². The van der Waals surface area contributed by atoms with Crippen molar-refractivity contribution in [2.45, 2.75) is 13.1 Å². The van der Waals surface area contributed by atoms with Crippen LogP contribution in [0, 0.1) is 11.3 Å². The van der Waals surface area contributed by atoms with Crippen LogP contribution in [0.4, 0.5) is 0 Å². The fraction of sp³-hybridized carbons (Fsp3) is 0.133. The molecular formula is C15H14Cl2N2. The molecule has 0 aliphatic carbocycles. The molecular weight excluding hydrogens is 279 g/mol. The van der Waals surface area contributed by atoms with Crippen molar-refractivity contribution in [3.05, 3.63) is 70.2 Å². The lowest BCUT2D eigenvalue weighted by Crippen LogP contribution is -2.13. The minimum atomic E-state index is 0. The van der Waals surface area contributed by atoms with E-state index in [2.05, 4.69) is 11.4 Å². The second-order valence-corrected chi connectivity index (χ2v) is 4.44. The molecule has 2 nitrogen and oxygen atoms in total. The third-order valence-electron chi connectivity index (χ3n) is 2.70. The molecule has 0 saturated heterocycles. The summed E-state index contributed by atoms with van der Waals surface area (Å²) in [6.07, 6.45) is 0. The molecule has 0 radical (unpaired) electrons. The Morgan fingerprint density at radius 1 is 1.00 bits per heavy atom. The molecule has 0 atom stereocenters. The maximum absolute atomic E-state index is 8.97. The number of nitriles is 1. The summed E-state index contributed by atoms with van der Waals surface area (Å²) in [5.41, 5.74) is 2.92. The molecule has 98 valence electrons. The average molecular weight is 293 g/mol. The summed E-state index contributed by atoms with van der Waals surface area (Å²) < 4.78 is 0. The number of benzene rings is 2. The van der Waals surface area contributed by atoms with Gasteiger partial charge in [-0.3, -0.25) is 0 Å². The van der Waals surface area contributed by atoms with Gasteiger partial charge in [0.25, 0.3) is 0 Å². The van der Waals surface area contributed by atoms with Crippen LogP contribution >= 0.6 is 24.0 Å². The molecule has 0 fully saturated rings. The Morgan fingerprint density at radius 2 is 1.68 bits per heavy atom. The van der Waals surface area contributed by atoms with E-state index in [1.165, 1.54) is 5.56 Å². The van der Waals surface area contributed by atoms with Gasteiger partial charge in [-0.25, -0.2) is 0 Å². The molecule has 4 heteroatoms. The van der Waals surface area contributed by atoms with Crippen LogP contribution in [0.15, 0.2) is 48.5 Å². The van der Waals surface area contributed by atoms with Gasteiger partial charge in [-0.1, -0.05) is 41.9 Å². The van der Waals surface area contributed by atoms with Gasteiger partial charge >= 0.3 is 0 Å². The maximum Gasteiger partial charge on any atom is 0.0995 e. The van der Waals surface area contributed by atoms with Gasteiger partial charge < -0.3 is 5.32 Å². The van der Waals surface area contributed by atoms with Gasteiger partial charge in [0.2, 0.25) is 0 Å². The summed E-state index contributed by atoms with van der Waals surface area (Å²) in [5, 5.41) is 13.0. The number of halogens is 2. The average Bonchev–Trinajstić information content (AvgIpc) is 2.41. The monoisotopic (exact) mass is 292 g/mol. The summed E-state index contributed by atoms with van der Waals surface area (Å²) in [5.74, 6) is 0. The molecule has 0 bridgehead atoms. The first-order valence-corrected chi connectivity index (χ1v) is 6.10. The highest BCUT2D eigenvalue weighted by molar-refractivity contribution is 6.30. The van der Waals surface area contributed by atoms with Gasteiger partial charge in [-0.2, -0.15) is 5.26 Å². The molecule has 0 aliphatic rings. The molecule has 2 aromatic carbocycles. The lowest BCUT2D eigenvalue weighted by atomic mass is 10.1. The van der Waals surface area contributed by atoms with Crippen molar-refractivity contribution in [3.63, 3.8) is 0 Å². The summed E-state index contributed by atoms with van der Waals surface area (Å²) >= 11 is 5.82. The SMILES string of the molecule is Cl.N#Cc1ccccc1CNCc1ccc(Cl)cc1. The zero-order valence-corrected chi connectivity index (χ0v) is 11.8. The number of nitrogens with one attached hydrogen (secondary N) is 1. The minimum absolute atomic E-state index is 0. The van der Waals surface area contributed by atoms with E-state index in [0.29, 0.717) is 6.54 Å². The van der Waals surface area contributed by atoms with E-state index in [1.807, 2.05) is 48.5 Å². The van der Waals surface area contributed by atoms with Crippen LogP contribution in [-0.4, -0.2) is 0 Å². The molecule has 2 aromatic rings. The molecule has 19 heavy (non-hydrogen) atoms. The highest BCUT2D eigenvalue weighted by Gasteiger charge is 2.00. The first-order valence-electron chi connectivity index (χ1n) is 5.73. The number of hydrogen-bond donors (Lipinski definition) is 1. The molecule has 2 rings (SSSR count). The minimum Gasteiger partial charge on any atom is -0.309 e. The second kappa shape index (κ2) is 7.81. The van der Waals surface area contributed by atoms with Crippen molar-refractivity contribution in [2.75, 3.05) is 0 Å². The quantitative estimate of drug-likeness (QED) is 0.927. The fourth-order valence-electron chi connectivity index (χ4n) is 1.73. The van der Waals surface area contributed by atoms with Crippen LogP contribution < -0.4 is 5.32 Å². The largest absolute Gasteiger partial charge is 0.309 e. The molecule has 0 heterocycles. The van der Waals surface area contributed by atoms with Crippen LogP contribution in [0.2, 0.25) is 5.02 Å². The van der Waals surface area contributed by atoms with Crippen molar-refractivity contribution >= 4 is 24.0 Å². The van der Waals surface area contributed by atoms with Crippen molar-refractivity contribution in [2.24, 2.45) is 0 Å². The van der Waals surface area contributed by atoms with E-state index in [1.54, 1.807) is 0 Å². The summed E-state index contributed by atoms with van der Waals surface area (Å²) in [7, 11) is 0. The van der Waals surface area contributed by atoms with Gasteiger partial charge in [-0.15, -0.1) is 12.4 Å². The van der Waals surface area contributed by atoms with Crippen LogP contribution in [0.25, 0.3) is 0 Å². The van der Waals surface area contributed by atoms with Gasteiger partial charge in [0, 0.05) is 18.1 Å². The smallest absolute Gasteiger partial charge is 0.0995 e. The summed E-state index contributed by atoms with van der Waals surface area (Å²) in [6, 6.07) is 17.6. The van der Waals surface area contributed by atoms with E-state index in [4.69, 9.17) is 16.9 Å². The lowest BCUT2D eigenvalue weighted by Gasteiger charge is -2.06. The Hall–Kier alpha value is -1.53. The number of nitrogens with zero attached hydrogens (tertiary/aromatic N) is 1. The van der Waals surface area contributed by atoms with Gasteiger partial charge in [-0.05, 0) is 29.3 Å². The Morgan fingerprint density at radius 3 is 2.37 bits per heavy atom. The molecule has 0 aliphatic heterocycles. The summed E-state index contributed by atoms with van der Waals surface area (Å²) in [6.45, 7) is 1.45. The second-order valence-electron chi connectivity index (χ2n) is 4.00. The molecule has 1 N–H and O–H groups in total. The van der Waals surface area contributed by atoms with E-state index in [0.717, 1.165) is 22.7 Å². The lowest BCUT2D eigenvalue weighted by molar-refractivity contribution is 0.692. The third-order valence-corrected chi connectivity index (χ3v) is 2.95. The van der Waals surface area contributed by atoms with Crippen LogP contribution in [-0.2, 0) is 13.1 Å². The van der Waals surface area contributed by atoms with E-state index >= 15 is 0 Å².